The van der Waals surface area contributed by atoms with Crippen LogP contribution in [0.15, 0.2) is 47.4 Å². The molecular weight excluding hydrogens is 369 g/mol. The average molecular weight is 383 g/mol. The number of nitrogens with zero attached hydrogens (tertiary/aromatic N) is 1. The predicted molar refractivity (Wildman–Crippen MR) is 88.3 cm³/mol. The van der Waals surface area contributed by atoms with Crippen molar-refractivity contribution in [2.45, 2.75) is 11.8 Å². The average Bonchev–Trinajstić information content (AvgIpc) is 2.56. The molecule has 0 amide bonds. The number of non-ortho nitro benzene ring substituents is 1. The van der Waals surface area contributed by atoms with Crippen molar-refractivity contribution in [3.05, 3.63) is 58.4 Å². The topological polar surface area (TPSA) is 113 Å². The second kappa shape index (κ2) is 7.91. The highest BCUT2D eigenvalue weighted by molar-refractivity contribution is 7.92. The van der Waals surface area contributed by atoms with Gasteiger partial charge in [-0.25, -0.2) is 12.8 Å². The lowest BCUT2D eigenvalue weighted by molar-refractivity contribution is -0.385. The highest BCUT2D eigenvalue weighted by atomic mass is 32.2. The number of benzene rings is 2. The maximum Gasteiger partial charge on any atom is 0.321 e. The number of rotatable bonds is 7. The van der Waals surface area contributed by atoms with Gasteiger partial charge in [0, 0.05) is 6.07 Å². The molecule has 0 aliphatic heterocycles. The first kappa shape index (κ1) is 19.3. The number of hydrogen-bond acceptors (Lipinski definition) is 7. The third kappa shape index (κ3) is 4.76. The number of nitro benzene ring substituents is 1. The fraction of sp³-hybridized carbons (Fsp3) is 0.188. The number of hydrogen-bond donors (Lipinski definition) is 0. The van der Waals surface area contributed by atoms with Crippen LogP contribution in [-0.4, -0.2) is 31.7 Å². The van der Waals surface area contributed by atoms with E-state index in [1.165, 1.54) is 24.3 Å². The number of carbonyl (C=O) groups excluding carboxylic acids is 1. The summed E-state index contributed by atoms with van der Waals surface area (Å²) in [4.78, 5) is 21.1. The molecule has 0 fully saturated rings. The molecule has 0 saturated heterocycles. The lowest BCUT2D eigenvalue weighted by Crippen LogP contribution is -2.18. The molecule has 0 heterocycles. The van der Waals surface area contributed by atoms with E-state index in [0.29, 0.717) is 6.07 Å². The number of esters is 1. The van der Waals surface area contributed by atoms with Crippen molar-refractivity contribution in [2.75, 3.05) is 12.4 Å². The molecule has 0 bridgehead atoms. The van der Waals surface area contributed by atoms with E-state index >= 15 is 0 Å². The molecule has 10 heteroatoms. The minimum Gasteiger partial charge on any atom is -0.465 e. The van der Waals surface area contributed by atoms with Gasteiger partial charge in [0.2, 0.25) is 0 Å². The van der Waals surface area contributed by atoms with Crippen LogP contribution in [0.1, 0.15) is 6.92 Å². The molecule has 0 unspecified atom stereocenters. The number of ether oxygens (including phenoxy) is 2. The molecule has 0 radical (unpaired) electrons. The van der Waals surface area contributed by atoms with E-state index in [4.69, 9.17) is 4.74 Å². The summed E-state index contributed by atoms with van der Waals surface area (Å²) in [6, 6.07) is 7.85. The maximum absolute atomic E-state index is 13.8. The van der Waals surface area contributed by atoms with E-state index in [2.05, 4.69) is 4.74 Å². The third-order valence-electron chi connectivity index (χ3n) is 3.15. The minimum atomic E-state index is -3.87. The molecule has 138 valence electrons. The Morgan fingerprint density at radius 1 is 1.19 bits per heavy atom. The molecule has 0 aliphatic carbocycles. The summed E-state index contributed by atoms with van der Waals surface area (Å²) in [5.74, 6) is -2.72. The monoisotopic (exact) mass is 383 g/mol. The molecule has 0 N–H and O–H groups in total. The number of halogens is 1. The largest absolute Gasteiger partial charge is 0.465 e. The summed E-state index contributed by atoms with van der Waals surface area (Å²) in [7, 11) is -3.87. The van der Waals surface area contributed by atoms with E-state index in [-0.39, 0.29) is 23.0 Å². The Morgan fingerprint density at radius 3 is 2.38 bits per heavy atom. The Morgan fingerprint density at radius 2 is 1.85 bits per heavy atom. The van der Waals surface area contributed by atoms with E-state index in [1.54, 1.807) is 6.92 Å². The van der Waals surface area contributed by atoms with Crippen molar-refractivity contribution >= 4 is 21.5 Å². The lowest BCUT2D eigenvalue weighted by atomic mass is 10.3. The van der Waals surface area contributed by atoms with Gasteiger partial charge in [-0.2, -0.15) is 0 Å². The summed E-state index contributed by atoms with van der Waals surface area (Å²) in [5.41, 5.74) is -0.421. The van der Waals surface area contributed by atoms with Crippen molar-refractivity contribution in [3.8, 4) is 11.5 Å². The zero-order valence-electron chi connectivity index (χ0n) is 13.5. The van der Waals surface area contributed by atoms with Gasteiger partial charge in [-0.1, -0.05) is 0 Å². The lowest BCUT2D eigenvalue weighted by Gasteiger charge is -2.08. The smallest absolute Gasteiger partial charge is 0.321 e. The highest BCUT2D eigenvalue weighted by Crippen LogP contribution is 2.28. The van der Waals surface area contributed by atoms with Crippen LogP contribution in [0.5, 0.6) is 11.5 Å². The fourth-order valence-electron chi connectivity index (χ4n) is 1.97. The highest BCUT2D eigenvalue weighted by Gasteiger charge is 2.20. The van der Waals surface area contributed by atoms with Crippen molar-refractivity contribution < 1.29 is 32.0 Å². The van der Waals surface area contributed by atoms with Gasteiger partial charge in [-0.3, -0.25) is 14.9 Å². The normalized spacial score (nSPS) is 11.0. The predicted octanol–water partition coefficient (Wildman–Crippen LogP) is 2.86. The molecule has 0 spiro atoms. The summed E-state index contributed by atoms with van der Waals surface area (Å²) < 4.78 is 47.8. The maximum atomic E-state index is 13.8. The van der Waals surface area contributed by atoms with Gasteiger partial charge < -0.3 is 9.47 Å². The molecule has 2 aromatic carbocycles. The van der Waals surface area contributed by atoms with Gasteiger partial charge in [0.25, 0.3) is 5.69 Å². The van der Waals surface area contributed by atoms with Crippen LogP contribution < -0.4 is 4.74 Å². The van der Waals surface area contributed by atoms with Crippen LogP contribution in [0.4, 0.5) is 10.1 Å². The van der Waals surface area contributed by atoms with Crippen LogP contribution in [0.2, 0.25) is 0 Å². The Kier molecular flexibility index (Phi) is 5.88. The Labute approximate surface area is 148 Å². The Hall–Kier alpha value is -3.01. The quantitative estimate of drug-likeness (QED) is 0.410. The molecule has 2 aromatic rings. The second-order valence-electron chi connectivity index (χ2n) is 5.01. The van der Waals surface area contributed by atoms with Crippen molar-refractivity contribution in [1.82, 2.24) is 0 Å². The van der Waals surface area contributed by atoms with Crippen molar-refractivity contribution in [1.29, 1.82) is 0 Å². The summed E-state index contributed by atoms with van der Waals surface area (Å²) >= 11 is 0. The first-order valence-electron chi connectivity index (χ1n) is 7.33. The molecule has 0 saturated carbocycles. The standard InChI is InChI=1S/C16H14FNO7S/c1-2-24-16(19)10-26(22,23)13-6-4-12(5-7-13)25-15-8-3-11(18(20)21)9-14(15)17/h3-9H,2,10H2,1H3. The van der Waals surface area contributed by atoms with E-state index in [9.17, 15) is 27.7 Å². The summed E-state index contributed by atoms with van der Waals surface area (Å²) in [6.45, 7) is 1.63. The number of nitro groups is 1. The molecule has 8 nitrogen and oxygen atoms in total. The first-order valence-corrected chi connectivity index (χ1v) is 8.98. The van der Waals surface area contributed by atoms with Crippen LogP contribution in [-0.2, 0) is 19.4 Å². The zero-order chi connectivity index (χ0) is 19.3. The van der Waals surface area contributed by atoms with Gasteiger partial charge in [-0.15, -0.1) is 0 Å². The molecule has 0 atom stereocenters. The number of carbonyl (C=O) groups is 1. The fourth-order valence-corrected chi connectivity index (χ4v) is 3.08. The van der Waals surface area contributed by atoms with Crippen LogP contribution in [0.3, 0.4) is 0 Å². The Bertz CT molecular complexity index is 926. The van der Waals surface area contributed by atoms with Gasteiger partial charge in [0.05, 0.1) is 22.5 Å². The molecule has 26 heavy (non-hydrogen) atoms. The third-order valence-corrected chi connectivity index (χ3v) is 4.76. The number of sulfone groups is 1. The van der Waals surface area contributed by atoms with Crippen molar-refractivity contribution in [3.63, 3.8) is 0 Å². The Balaban J connectivity index is 2.15. The zero-order valence-corrected chi connectivity index (χ0v) is 14.4. The first-order chi connectivity index (χ1) is 12.2. The molecule has 2 rings (SSSR count). The van der Waals surface area contributed by atoms with Crippen molar-refractivity contribution in [2.24, 2.45) is 0 Å². The van der Waals surface area contributed by atoms with Gasteiger partial charge >= 0.3 is 5.97 Å². The van der Waals surface area contributed by atoms with E-state index < -0.39 is 38.0 Å². The van der Waals surface area contributed by atoms with Gasteiger partial charge in [0.15, 0.2) is 27.2 Å². The minimum absolute atomic E-state index is 0.0714. The van der Waals surface area contributed by atoms with Crippen LogP contribution >= 0.6 is 0 Å². The van der Waals surface area contributed by atoms with Gasteiger partial charge in [-0.05, 0) is 37.3 Å². The summed E-state index contributed by atoms with van der Waals surface area (Å²) in [5, 5.41) is 10.6. The summed E-state index contributed by atoms with van der Waals surface area (Å²) in [6.07, 6.45) is 0. The van der Waals surface area contributed by atoms with Gasteiger partial charge in [0.1, 0.15) is 5.75 Å². The molecule has 0 aliphatic rings. The van der Waals surface area contributed by atoms with Crippen LogP contribution in [0.25, 0.3) is 0 Å². The SMILES string of the molecule is CCOC(=O)CS(=O)(=O)c1ccc(Oc2ccc([N+](=O)[O-])cc2F)cc1. The van der Waals surface area contributed by atoms with E-state index in [0.717, 1.165) is 12.1 Å². The second-order valence-corrected chi connectivity index (χ2v) is 7.00. The molecular formula is C16H14FNO7S. The van der Waals surface area contributed by atoms with Crippen LogP contribution in [0, 0.1) is 15.9 Å². The molecule has 0 aromatic heterocycles. The van der Waals surface area contributed by atoms with E-state index in [1.807, 2.05) is 0 Å².